The number of hydrogen-bond acceptors (Lipinski definition) is 3. The van der Waals surface area contributed by atoms with Crippen LogP contribution in [0, 0.1) is 0 Å². The van der Waals surface area contributed by atoms with Crippen LogP contribution in [-0.4, -0.2) is 25.7 Å². The highest BCUT2D eigenvalue weighted by Gasteiger charge is 2.49. The normalized spacial score (nSPS) is 14.7. The van der Waals surface area contributed by atoms with Gasteiger partial charge >= 0.3 is 6.61 Å². The van der Waals surface area contributed by atoms with Crippen molar-refractivity contribution in [2.24, 2.45) is 0 Å². The van der Waals surface area contributed by atoms with E-state index in [0.29, 0.717) is 4.47 Å². The standard InChI is InChI=1S/C20H20BrF2NO3.C2H6/c1-12(2)14-5-3-4-6-15(14)20(10-26-11-20)18(25)24-16-8-7-13(21)9-17(16)27-19(22)23;1-2/h3-9,12,19H,10-11H2,1-2H3,(H,24,25);1-2H3. The summed E-state index contributed by atoms with van der Waals surface area (Å²) in [6, 6.07) is 12.3. The van der Waals surface area contributed by atoms with Crippen molar-refractivity contribution in [3.63, 3.8) is 0 Å². The molecule has 0 aromatic heterocycles. The molecule has 7 heteroatoms. The van der Waals surface area contributed by atoms with Crippen molar-refractivity contribution in [1.29, 1.82) is 0 Å². The lowest BCUT2D eigenvalue weighted by Gasteiger charge is -2.41. The fourth-order valence-corrected chi connectivity index (χ4v) is 3.53. The van der Waals surface area contributed by atoms with E-state index in [1.165, 1.54) is 12.1 Å². The van der Waals surface area contributed by atoms with Gasteiger partial charge in [0, 0.05) is 4.47 Å². The molecule has 1 N–H and O–H groups in total. The molecule has 1 amide bonds. The Hall–Kier alpha value is -1.99. The van der Waals surface area contributed by atoms with Gasteiger partial charge in [-0.15, -0.1) is 0 Å². The van der Waals surface area contributed by atoms with Crippen molar-refractivity contribution in [1.82, 2.24) is 0 Å². The zero-order chi connectivity index (χ0) is 21.6. The first-order valence-corrected chi connectivity index (χ1v) is 10.4. The summed E-state index contributed by atoms with van der Waals surface area (Å²) >= 11 is 3.22. The minimum absolute atomic E-state index is 0.0970. The monoisotopic (exact) mass is 469 g/mol. The summed E-state index contributed by atoms with van der Waals surface area (Å²) in [5, 5.41) is 2.75. The van der Waals surface area contributed by atoms with Crippen LogP contribution in [0.15, 0.2) is 46.9 Å². The van der Waals surface area contributed by atoms with E-state index in [2.05, 4.69) is 39.8 Å². The number of carbonyl (C=O) groups excluding carboxylic acids is 1. The topological polar surface area (TPSA) is 47.6 Å². The largest absolute Gasteiger partial charge is 0.433 e. The molecule has 0 unspecified atom stereocenters. The smallest absolute Gasteiger partial charge is 0.387 e. The lowest BCUT2D eigenvalue weighted by atomic mass is 9.73. The van der Waals surface area contributed by atoms with Gasteiger partial charge in [0.05, 0.1) is 18.9 Å². The molecular formula is C22H26BrF2NO3. The van der Waals surface area contributed by atoms with E-state index >= 15 is 0 Å². The predicted octanol–water partition coefficient (Wildman–Crippen LogP) is 6.11. The molecular weight excluding hydrogens is 444 g/mol. The second-order valence-corrected chi connectivity index (χ2v) is 7.71. The van der Waals surface area contributed by atoms with Crippen molar-refractivity contribution >= 4 is 27.5 Å². The maximum absolute atomic E-state index is 13.2. The average Bonchev–Trinajstić information content (AvgIpc) is 2.64. The molecule has 2 aromatic carbocycles. The van der Waals surface area contributed by atoms with Gasteiger partial charge in [0.1, 0.15) is 5.41 Å². The van der Waals surface area contributed by atoms with Crippen molar-refractivity contribution < 1.29 is 23.0 Å². The third kappa shape index (κ3) is 5.14. The fraction of sp³-hybridized carbons (Fsp3) is 0.409. The molecule has 4 nitrogen and oxygen atoms in total. The van der Waals surface area contributed by atoms with Gasteiger partial charge in [0.2, 0.25) is 5.91 Å². The number of carbonyl (C=O) groups is 1. The number of alkyl halides is 2. The summed E-state index contributed by atoms with van der Waals surface area (Å²) in [5.41, 5.74) is 1.31. The molecule has 1 aliphatic heterocycles. The molecule has 1 heterocycles. The van der Waals surface area contributed by atoms with Crippen LogP contribution in [0.5, 0.6) is 5.75 Å². The van der Waals surface area contributed by atoms with Crippen molar-refractivity contribution in [2.75, 3.05) is 18.5 Å². The van der Waals surface area contributed by atoms with Gasteiger partial charge in [-0.25, -0.2) is 0 Å². The van der Waals surface area contributed by atoms with E-state index < -0.39 is 12.0 Å². The van der Waals surface area contributed by atoms with E-state index in [1.807, 2.05) is 38.1 Å². The van der Waals surface area contributed by atoms with E-state index in [-0.39, 0.29) is 36.5 Å². The summed E-state index contributed by atoms with van der Waals surface area (Å²) < 4.78 is 35.9. The third-order valence-corrected chi connectivity index (χ3v) is 5.13. The van der Waals surface area contributed by atoms with Crippen LogP contribution in [0.1, 0.15) is 44.7 Å². The lowest BCUT2D eigenvalue weighted by Crippen LogP contribution is -2.56. The zero-order valence-corrected chi connectivity index (χ0v) is 18.6. The van der Waals surface area contributed by atoms with Gasteiger partial charge in [-0.2, -0.15) is 8.78 Å². The lowest BCUT2D eigenvalue weighted by molar-refractivity contribution is -0.139. The Bertz CT molecular complexity index is 839. The zero-order valence-electron chi connectivity index (χ0n) is 17.0. The number of anilines is 1. The minimum Gasteiger partial charge on any atom is -0.433 e. The first kappa shape index (κ1) is 23.3. The van der Waals surface area contributed by atoms with Gasteiger partial charge in [-0.1, -0.05) is 67.9 Å². The summed E-state index contributed by atoms with van der Waals surface area (Å²) in [5.74, 6) is -0.166. The van der Waals surface area contributed by atoms with Crippen LogP contribution >= 0.6 is 15.9 Å². The molecule has 29 heavy (non-hydrogen) atoms. The van der Waals surface area contributed by atoms with E-state index in [9.17, 15) is 13.6 Å². The number of halogens is 3. The molecule has 0 spiro atoms. The Morgan fingerprint density at radius 3 is 2.38 bits per heavy atom. The van der Waals surface area contributed by atoms with E-state index in [4.69, 9.17) is 4.74 Å². The minimum atomic E-state index is -2.99. The summed E-state index contributed by atoms with van der Waals surface area (Å²) in [6.45, 7) is 5.62. The molecule has 0 aliphatic carbocycles. The fourth-order valence-electron chi connectivity index (χ4n) is 3.19. The Morgan fingerprint density at radius 1 is 1.17 bits per heavy atom. The molecule has 1 aliphatic rings. The van der Waals surface area contributed by atoms with E-state index in [1.54, 1.807) is 6.07 Å². The number of nitrogens with one attached hydrogen (secondary N) is 1. The highest BCUT2D eigenvalue weighted by molar-refractivity contribution is 9.10. The molecule has 0 radical (unpaired) electrons. The second kappa shape index (κ2) is 10.2. The van der Waals surface area contributed by atoms with Gasteiger partial charge < -0.3 is 14.8 Å². The SMILES string of the molecule is CC.CC(C)c1ccccc1C1(C(=O)Nc2ccc(Br)cc2OC(F)F)COC1. The molecule has 158 valence electrons. The van der Waals surface area contributed by atoms with Crippen LogP contribution in [0.2, 0.25) is 0 Å². The molecule has 0 saturated carbocycles. The van der Waals surface area contributed by atoms with Crippen molar-refractivity contribution in [3.05, 3.63) is 58.1 Å². The highest BCUT2D eigenvalue weighted by atomic mass is 79.9. The highest BCUT2D eigenvalue weighted by Crippen LogP contribution is 2.39. The maximum Gasteiger partial charge on any atom is 0.387 e. The Morgan fingerprint density at radius 2 is 1.83 bits per heavy atom. The summed E-state index contributed by atoms with van der Waals surface area (Å²) in [7, 11) is 0. The first-order chi connectivity index (χ1) is 13.8. The average molecular weight is 470 g/mol. The number of ether oxygens (including phenoxy) is 2. The Balaban J connectivity index is 0.00000145. The van der Waals surface area contributed by atoms with Gasteiger partial charge in [-0.3, -0.25) is 4.79 Å². The van der Waals surface area contributed by atoms with Crippen LogP contribution in [0.3, 0.4) is 0 Å². The summed E-state index contributed by atoms with van der Waals surface area (Å²) in [4.78, 5) is 13.2. The number of amides is 1. The molecule has 3 rings (SSSR count). The quantitative estimate of drug-likeness (QED) is 0.555. The predicted molar refractivity (Wildman–Crippen MR) is 114 cm³/mol. The number of hydrogen-bond donors (Lipinski definition) is 1. The van der Waals surface area contributed by atoms with E-state index in [0.717, 1.165) is 11.1 Å². The molecule has 1 saturated heterocycles. The molecule has 2 aromatic rings. The van der Waals surface area contributed by atoms with Gasteiger partial charge in [-0.05, 0) is 35.2 Å². The third-order valence-electron chi connectivity index (χ3n) is 4.64. The van der Waals surface area contributed by atoms with Crippen LogP contribution in [0.4, 0.5) is 14.5 Å². The van der Waals surface area contributed by atoms with Gasteiger partial charge in [0.15, 0.2) is 5.75 Å². The Kier molecular flexibility index (Phi) is 8.16. The number of rotatable bonds is 6. The van der Waals surface area contributed by atoms with Crippen LogP contribution in [0.25, 0.3) is 0 Å². The van der Waals surface area contributed by atoms with Crippen molar-refractivity contribution in [2.45, 2.75) is 45.6 Å². The van der Waals surface area contributed by atoms with Gasteiger partial charge in [0.25, 0.3) is 0 Å². The molecule has 1 fully saturated rings. The first-order valence-electron chi connectivity index (χ1n) is 9.56. The maximum atomic E-state index is 13.2. The van der Waals surface area contributed by atoms with Crippen LogP contribution in [-0.2, 0) is 14.9 Å². The molecule has 0 atom stereocenters. The second-order valence-electron chi connectivity index (χ2n) is 6.79. The summed E-state index contributed by atoms with van der Waals surface area (Å²) in [6.07, 6.45) is 0. The van der Waals surface area contributed by atoms with Crippen LogP contribution < -0.4 is 10.1 Å². The molecule has 0 bridgehead atoms. The Labute approximate surface area is 178 Å². The number of benzene rings is 2. The van der Waals surface area contributed by atoms with Crippen molar-refractivity contribution in [3.8, 4) is 5.75 Å².